The molecule has 2 aromatic heterocycles. The number of fused-ring (bicyclic) bond motifs is 1. The maximum Gasteiger partial charge on any atom is 0.165 e. The quantitative estimate of drug-likeness (QED) is 0.785. The summed E-state index contributed by atoms with van der Waals surface area (Å²) in [6.45, 7) is 4.60. The van der Waals surface area contributed by atoms with E-state index in [0.29, 0.717) is 18.9 Å². The molecule has 0 radical (unpaired) electrons. The average Bonchev–Trinajstić information content (AvgIpc) is 2.86. The van der Waals surface area contributed by atoms with Crippen molar-refractivity contribution in [2.24, 2.45) is 0 Å². The fraction of sp³-hybridized carbons (Fsp3) is 0.250. The molecule has 6 heteroatoms. The minimum Gasteiger partial charge on any atom is -0.504 e. The lowest BCUT2D eigenvalue weighted by Gasteiger charge is -2.19. The molecule has 0 fully saturated rings. The van der Waals surface area contributed by atoms with E-state index >= 15 is 0 Å². The Morgan fingerprint density at radius 3 is 2.77 bits per heavy atom. The summed E-state index contributed by atoms with van der Waals surface area (Å²) in [5.74, 6) is 1.51. The van der Waals surface area contributed by atoms with Gasteiger partial charge in [0.2, 0.25) is 0 Å². The standard InChI is InChI=1S/C20H20N4O2/c1-14-22-9-15(10-23-14)12-24-5-6-26-20-18(13-24)7-17(8-19(20)25)16-3-2-4-21-11-16/h2-4,7-11,25H,5-6,12-13H2,1H3. The Labute approximate surface area is 152 Å². The van der Waals surface area contributed by atoms with E-state index in [0.717, 1.165) is 41.2 Å². The van der Waals surface area contributed by atoms with Crippen molar-refractivity contribution in [3.05, 3.63) is 66.0 Å². The number of hydrogen-bond acceptors (Lipinski definition) is 6. The van der Waals surface area contributed by atoms with Crippen molar-refractivity contribution < 1.29 is 9.84 Å². The van der Waals surface area contributed by atoms with E-state index < -0.39 is 0 Å². The summed E-state index contributed by atoms with van der Waals surface area (Å²) in [7, 11) is 0. The fourth-order valence-electron chi connectivity index (χ4n) is 3.15. The second-order valence-electron chi connectivity index (χ2n) is 6.42. The minimum absolute atomic E-state index is 0.168. The van der Waals surface area contributed by atoms with E-state index in [1.807, 2.05) is 31.5 Å². The second kappa shape index (κ2) is 7.09. The number of aromatic nitrogens is 3. The largest absolute Gasteiger partial charge is 0.504 e. The summed E-state index contributed by atoms with van der Waals surface area (Å²) < 4.78 is 5.82. The van der Waals surface area contributed by atoms with Crippen LogP contribution in [0.25, 0.3) is 11.1 Å². The Bertz CT molecular complexity index is 898. The number of hydrogen-bond donors (Lipinski definition) is 1. The molecular weight excluding hydrogens is 328 g/mol. The van der Waals surface area contributed by atoms with Gasteiger partial charge >= 0.3 is 0 Å². The SMILES string of the molecule is Cc1ncc(CN2CCOc3c(O)cc(-c4cccnc4)cc3C2)cn1. The van der Waals surface area contributed by atoms with Gasteiger partial charge in [-0.3, -0.25) is 9.88 Å². The smallest absolute Gasteiger partial charge is 0.165 e. The predicted molar refractivity (Wildman–Crippen MR) is 97.7 cm³/mol. The second-order valence-corrected chi connectivity index (χ2v) is 6.42. The zero-order valence-corrected chi connectivity index (χ0v) is 14.6. The van der Waals surface area contributed by atoms with Crippen LogP contribution < -0.4 is 4.74 Å². The molecule has 26 heavy (non-hydrogen) atoms. The number of benzene rings is 1. The highest BCUT2D eigenvalue weighted by Crippen LogP contribution is 2.37. The molecule has 3 aromatic rings. The maximum atomic E-state index is 10.4. The first-order valence-electron chi connectivity index (χ1n) is 8.58. The molecule has 0 saturated carbocycles. The Morgan fingerprint density at radius 1 is 1.15 bits per heavy atom. The van der Waals surface area contributed by atoms with Crippen LogP contribution in [0.2, 0.25) is 0 Å². The van der Waals surface area contributed by atoms with E-state index in [4.69, 9.17) is 4.74 Å². The molecule has 0 aliphatic carbocycles. The van der Waals surface area contributed by atoms with Crippen LogP contribution in [-0.4, -0.2) is 38.1 Å². The molecule has 4 rings (SSSR count). The van der Waals surface area contributed by atoms with Crippen LogP contribution in [-0.2, 0) is 13.1 Å². The van der Waals surface area contributed by atoms with Gasteiger partial charge in [0.25, 0.3) is 0 Å². The summed E-state index contributed by atoms with van der Waals surface area (Å²) in [6.07, 6.45) is 7.25. The summed E-state index contributed by atoms with van der Waals surface area (Å²) in [5, 5.41) is 10.4. The van der Waals surface area contributed by atoms with E-state index in [1.54, 1.807) is 18.5 Å². The molecule has 1 aliphatic rings. The molecule has 0 bridgehead atoms. The lowest BCUT2D eigenvalue weighted by molar-refractivity contribution is 0.217. The topological polar surface area (TPSA) is 71.4 Å². The number of phenolic OH excluding ortho intramolecular Hbond substituents is 1. The third-order valence-corrected chi connectivity index (χ3v) is 4.43. The Morgan fingerprint density at radius 2 is 2.00 bits per heavy atom. The lowest BCUT2D eigenvalue weighted by Crippen LogP contribution is -2.25. The molecule has 1 N–H and O–H groups in total. The van der Waals surface area contributed by atoms with Crippen LogP contribution in [0.1, 0.15) is 17.0 Å². The number of pyridine rings is 1. The molecule has 0 atom stereocenters. The van der Waals surface area contributed by atoms with Crippen molar-refractivity contribution in [1.29, 1.82) is 0 Å². The van der Waals surface area contributed by atoms with Gasteiger partial charge < -0.3 is 9.84 Å². The number of aryl methyl sites for hydroxylation is 1. The molecule has 0 saturated heterocycles. The van der Waals surface area contributed by atoms with E-state index in [2.05, 4.69) is 25.9 Å². The summed E-state index contributed by atoms with van der Waals surface area (Å²) in [4.78, 5) is 15.0. The normalized spacial score (nSPS) is 14.3. The van der Waals surface area contributed by atoms with Crippen LogP contribution in [0.5, 0.6) is 11.5 Å². The van der Waals surface area contributed by atoms with Crippen molar-refractivity contribution in [3.63, 3.8) is 0 Å². The Hall–Kier alpha value is -2.99. The zero-order valence-electron chi connectivity index (χ0n) is 14.6. The maximum absolute atomic E-state index is 10.4. The van der Waals surface area contributed by atoms with Gasteiger partial charge in [0.15, 0.2) is 11.5 Å². The van der Waals surface area contributed by atoms with Crippen molar-refractivity contribution in [2.75, 3.05) is 13.2 Å². The third kappa shape index (κ3) is 3.50. The zero-order chi connectivity index (χ0) is 17.9. The highest BCUT2D eigenvalue weighted by Gasteiger charge is 2.20. The van der Waals surface area contributed by atoms with E-state index in [1.165, 1.54) is 0 Å². The molecule has 0 spiro atoms. The van der Waals surface area contributed by atoms with Crippen LogP contribution >= 0.6 is 0 Å². The molecule has 0 amide bonds. The fourth-order valence-corrected chi connectivity index (χ4v) is 3.15. The first kappa shape index (κ1) is 16.5. The summed E-state index contributed by atoms with van der Waals surface area (Å²) in [5.41, 5.74) is 3.92. The Balaban J connectivity index is 1.62. The summed E-state index contributed by atoms with van der Waals surface area (Å²) >= 11 is 0. The molecule has 6 nitrogen and oxygen atoms in total. The van der Waals surface area contributed by atoms with Crippen molar-refractivity contribution in [1.82, 2.24) is 19.9 Å². The van der Waals surface area contributed by atoms with Crippen molar-refractivity contribution in [2.45, 2.75) is 20.0 Å². The number of rotatable bonds is 3. The number of nitrogens with zero attached hydrogens (tertiary/aromatic N) is 4. The number of phenols is 1. The number of ether oxygens (including phenoxy) is 1. The summed E-state index contributed by atoms with van der Waals surface area (Å²) in [6, 6.07) is 7.67. The number of aromatic hydroxyl groups is 1. The van der Waals surface area contributed by atoms with E-state index in [-0.39, 0.29) is 5.75 Å². The van der Waals surface area contributed by atoms with Crippen LogP contribution in [0.15, 0.2) is 49.1 Å². The molecule has 132 valence electrons. The van der Waals surface area contributed by atoms with Gasteiger partial charge in [0, 0.05) is 61.1 Å². The van der Waals surface area contributed by atoms with Gasteiger partial charge in [-0.05, 0) is 30.7 Å². The third-order valence-electron chi connectivity index (χ3n) is 4.43. The van der Waals surface area contributed by atoms with Crippen LogP contribution in [0, 0.1) is 6.92 Å². The van der Waals surface area contributed by atoms with Crippen molar-refractivity contribution in [3.8, 4) is 22.6 Å². The minimum atomic E-state index is 0.168. The molecule has 0 unspecified atom stereocenters. The van der Waals surface area contributed by atoms with Gasteiger partial charge in [0.1, 0.15) is 12.4 Å². The lowest BCUT2D eigenvalue weighted by atomic mass is 10.0. The van der Waals surface area contributed by atoms with Gasteiger partial charge in [-0.2, -0.15) is 0 Å². The van der Waals surface area contributed by atoms with E-state index in [9.17, 15) is 5.11 Å². The van der Waals surface area contributed by atoms with Crippen LogP contribution in [0.3, 0.4) is 0 Å². The van der Waals surface area contributed by atoms with Crippen molar-refractivity contribution >= 4 is 0 Å². The van der Waals surface area contributed by atoms with Gasteiger partial charge in [-0.1, -0.05) is 6.07 Å². The monoisotopic (exact) mass is 348 g/mol. The molecule has 1 aromatic carbocycles. The average molecular weight is 348 g/mol. The molecular formula is C20H20N4O2. The highest BCUT2D eigenvalue weighted by molar-refractivity contribution is 5.68. The van der Waals surface area contributed by atoms with Gasteiger partial charge in [0.05, 0.1) is 0 Å². The van der Waals surface area contributed by atoms with Gasteiger partial charge in [-0.25, -0.2) is 9.97 Å². The van der Waals surface area contributed by atoms with Crippen LogP contribution in [0.4, 0.5) is 0 Å². The first-order chi connectivity index (χ1) is 12.7. The molecule has 1 aliphatic heterocycles. The highest BCUT2D eigenvalue weighted by atomic mass is 16.5. The Kier molecular flexibility index (Phi) is 4.50. The predicted octanol–water partition coefficient (Wildman–Crippen LogP) is 2.95. The first-order valence-corrected chi connectivity index (χ1v) is 8.58. The van der Waals surface area contributed by atoms with Gasteiger partial charge in [-0.15, -0.1) is 0 Å². The molecule has 3 heterocycles.